The van der Waals surface area contributed by atoms with Crippen LogP contribution in [0.4, 0.5) is 0 Å². The Morgan fingerprint density at radius 3 is 2.62 bits per heavy atom. The maximum Gasteiger partial charge on any atom is 0.323 e. The van der Waals surface area contributed by atoms with Crippen LogP contribution < -0.4 is 5.32 Å². The molecule has 0 saturated heterocycles. The van der Waals surface area contributed by atoms with E-state index in [-0.39, 0.29) is 0 Å². The second-order valence-electron chi connectivity index (χ2n) is 4.91. The average molecular weight is 229 g/mol. The fourth-order valence-corrected chi connectivity index (χ4v) is 2.16. The molecule has 1 rings (SSSR count). The van der Waals surface area contributed by atoms with E-state index >= 15 is 0 Å². The highest BCUT2D eigenvalue weighted by atomic mass is 16.5. The number of carbonyl (C=O) groups is 1. The van der Waals surface area contributed by atoms with Gasteiger partial charge >= 0.3 is 5.97 Å². The molecule has 0 aromatic rings. The third-order valence-electron chi connectivity index (χ3n) is 3.53. The van der Waals surface area contributed by atoms with Crippen LogP contribution in [0.15, 0.2) is 0 Å². The quantitative estimate of drug-likeness (QED) is 0.697. The Balaban J connectivity index is 2.39. The molecule has 1 fully saturated rings. The largest absolute Gasteiger partial charge is 0.480 e. The van der Waals surface area contributed by atoms with Crippen LogP contribution >= 0.6 is 0 Å². The minimum absolute atomic E-state index is 0.473. The second kappa shape index (κ2) is 6.21. The average Bonchev–Trinajstić information content (AvgIpc) is 2.76. The van der Waals surface area contributed by atoms with Gasteiger partial charge in [0, 0.05) is 13.7 Å². The van der Waals surface area contributed by atoms with Crippen LogP contribution in [-0.4, -0.2) is 36.9 Å². The summed E-state index contributed by atoms with van der Waals surface area (Å²) < 4.78 is 4.96. The van der Waals surface area contributed by atoms with E-state index in [0.717, 1.165) is 6.54 Å². The summed E-state index contributed by atoms with van der Waals surface area (Å²) in [5, 5.41) is 12.4. The van der Waals surface area contributed by atoms with E-state index in [1.165, 1.54) is 25.7 Å². The molecule has 1 unspecified atom stereocenters. The van der Waals surface area contributed by atoms with Crippen molar-refractivity contribution in [2.45, 2.75) is 44.6 Å². The van der Waals surface area contributed by atoms with Gasteiger partial charge in [-0.3, -0.25) is 4.79 Å². The second-order valence-corrected chi connectivity index (χ2v) is 4.91. The highest BCUT2D eigenvalue weighted by Gasteiger charge is 2.33. The number of nitrogens with one attached hydrogen (secondary N) is 1. The zero-order chi connectivity index (χ0) is 12.0. The molecule has 94 valence electrons. The Morgan fingerprint density at radius 1 is 1.50 bits per heavy atom. The fraction of sp³-hybridized carbons (Fsp3) is 0.917. The summed E-state index contributed by atoms with van der Waals surface area (Å²) in [6.07, 6.45) is 5.54. The summed E-state index contributed by atoms with van der Waals surface area (Å²) in [5.74, 6) is -0.135. The minimum atomic E-state index is -0.849. The zero-order valence-electron chi connectivity index (χ0n) is 10.3. The molecular weight excluding hydrogens is 206 g/mol. The van der Waals surface area contributed by atoms with Crippen LogP contribution in [0.1, 0.15) is 39.0 Å². The van der Waals surface area contributed by atoms with Crippen molar-refractivity contribution < 1.29 is 14.6 Å². The minimum Gasteiger partial charge on any atom is -0.480 e. The number of carboxylic acid groups (broad SMARTS) is 1. The molecular formula is C12H23NO3. The van der Waals surface area contributed by atoms with Crippen molar-refractivity contribution in [2.24, 2.45) is 5.92 Å². The van der Waals surface area contributed by atoms with Gasteiger partial charge in [0.05, 0.1) is 0 Å². The molecule has 4 heteroatoms. The van der Waals surface area contributed by atoms with Crippen LogP contribution in [0.25, 0.3) is 0 Å². The van der Waals surface area contributed by atoms with Crippen molar-refractivity contribution in [2.75, 3.05) is 20.3 Å². The van der Waals surface area contributed by atoms with Crippen molar-refractivity contribution in [3.8, 4) is 0 Å². The number of hydrogen-bond donors (Lipinski definition) is 2. The monoisotopic (exact) mass is 229 g/mol. The molecule has 0 amide bonds. The van der Waals surface area contributed by atoms with E-state index in [0.29, 0.717) is 18.9 Å². The van der Waals surface area contributed by atoms with E-state index in [1.807, 2.05) is 0 Å². The Labute approximate surface area is 97.4 Å². The highest BCUT2D eigenvalue weighted by Crippen LogP contribution is 2.24. The molecule has 0 heterocycles. The van der Waals surface area contributed by atoms with Gasteiger partial charge in [-0.2, -0.15) is 0 Å². The summed E-state index contributed by atoms with van der Waals surface area (Å²) in [6, 6.07) is 0. The molecule has 16 heavy (non-hydrogen) atoms. The van der Waals surface area contributed by atoms with Crippen LogP contribution in [0.3, 0.4) is 0 Å². The molecule has 1 aliphatic rings. The molecule has 1 saturated carbocycles. The third kappa shape index (κ3) is 3.76. The summed E-state index contributed by atoms with van der Waals surface area (Å²) in [4.78, 5) is 11.2. The van der Waals surface area contributed by atoms with Crippen LogP contribution in [0.5, 0.6) is 0 Å². The first kappa shape index (κ1) is 13.5. The number of aliphatic carboxylic acids is 1. The van der Waals surface area contributed by atoms with Crippen molar-refractivity contribution >= 4 is 5.97 Å². The Bertz CT molecular complexity index is 226. The Hall–Kier alpha value is -0.610. The molecule has 2 N–H and O–H groups in total. The van der Waals surface area contributed by atoms with Gasteiger partial charge in [-0.1, -0.05) is 12.8 Å². The Kier molecular flexibility index (Phi) is 5.22. The third-order valence-corrected chi connectivity index (χ3v) is 3.53. The summed E-state index contributed by atoms with van der Waals surface area (Å²) >= 11 is 0. The number of carboxylic acids is 1. The number of hydrogen-bond acceptors (Lipinski definition) is 3. The summed E-state index contributed by atoms with van der Waals surface area (Å²) in [7, 11) is 1.60. The van der Waals surface area contributed by atoms with Gasteiger partial charge in [0.1, 0.15) is 5.54 Å². The predicted molar refractivity (Wildman–Crippen MR) is 62.5 cm³/mol. The van der Waals surface area contributed by atoms with Crippen molar-refractivity contribution in [1.82, 2.24) is 5.32 Å². The van der Waals surface area contributed by atoms with E-state index in [9.17, 15) is 9.90 Å². The molecule has 0 spiro atoms. The van der Waals surface area contributed by atoms with E-state index < -0.39 is 11.5 Å². The molecule has 0 aliphatic heterocycles. The fourth-order valence-electron chi connectivity index (χ4n) is 2.16. The summed E-state index contributed by atoms with van der Waals surface area (Å²) in [6.45, 7) is 3.02. The van der Waals surface area contributed by atoms with Gasteiger partial charge in [0.2, 0.25) is 0 Å². The maximum absolute atomic E-state index is 11.2. The van der Waals surface area contributed by atoms with Gasteiger partial charge in [-0.15, -0.1) is 0 Å². The van der Waals surface area contributed by atoms with Crippen LogP contribution in [0, 0.1) is 5.92 Å². The van der Waals surface area contributed by atoms with Crippen LogP contribution in [0.2, 0.25) is 0 Å². The van der Waals surface area contributed by atoms with Gasteiger partial charge < -0.3 is 15.2 Å². The smallest absolute Gasteiger partial charge is 0.323 e. The first-order valence-electron chi connectivity index (χ1n) is 6.06. The first-order chi connectivity index (χ1) is 7.58. The molecule has 0 bridgehead atoms. The van der Waals surface area contributed by atoms with E-state index in [2.05, 4.69) is 5.32 Å². The molecule has 1 atom stereocenters. The summed E-state index contributed by atoms with van der Waals surface area (Å²) in [5.41, 5.74) is -0.849. The first-order valence-corrected chi connectivity index (χ1v) is 6.06. The topological polar surface area (TPSA) is 58.6 Å². The number of methoxy groups -OCH3 is 1. The zero-order valence-corrected chi connectivity index (χ0v) is 10.3. The molecule has 0 radical (unpaired) electrons. The molecule has 0 aromatic heterocycles. The van der Waals surface area contributed by atoms with Gasteiger partial charge in [-0.25, -0.2) is 0 Å². The highest BCUT2D eigenvalue weighted by molar-refractivity contribution is 5.78. The standard InChI is InChI=1S/C12H23NO3/c1-12(11(14)15,7-8-16-2)13-9-10-5-3-4-6-10/h10,13H,3-9H2,1-2H3,(H,14,15). The maximum atomic E-state index is 11.2. The van der Waals surface area contributed by atoms with Crippen molar-refractivity contribution in [3.05, 3.63) is 0 Å². The lowest BCUT2D eigenvalue weighted by molar-refractivity contribution is -0.145. The van der Waals surface area contributed by atoms with Crippen molar-refractivity contribution in [3.63, 3.8) is 0 Å². The lowest BCUT2D eigenvalue weighted by Crippen LogP contribution is -2.51. The van der Waals surface area contributed by atoms with Gasteiger partial charge in [-0.05, 0) is 38.6 Å². The lowest BCUT2D eigenvalue weighted by Gasteiger charge is -2.27. The lowest BCUT2D eigenvalue weighted by atomic mass is 9.97. The molecule has 0 aromatic carbocycles. The molecule has 1 aliphatic carbocycles. The van der Waals surface area contributed by atoms with Gasteiger partial charge in [0.15, 0.2) is 0 Å². The predicted octanol–water partition coefficient (Wildman–Crippen LogP) is 1.65. The molecule has 4 nitrogen and oxygen atoms in total. The van der Waals surface area contributed by atoms with Crippen LogP contribution in [-0.2, 0) is 9.53 Å². The SMILES string of the molecule is COCCC(C)(NCC1CCCC1)C(=O)O. The van der Waals surface area contributed by atoms with E-state index in [4.69, 9.17) is 4.74 Å². The van der Waals surface area contributed by atoms with Gasteiger partial charge in [0.25, 0.3) is 0 Å². The number of rotatable bonds is 7. The normalized spacial score (nSPS) is 20.9. The van der Waals surface area contributed by atoms with E-state index in [1.54, 1.807) is 14.0 Å². The Morgan fingerprint density at radius 2 is 2.12 bits per heavy atom. The number of ether oxygens (including phenoxy) is 1. The van der Waals surface area contributed by atoms with Crippen molar-refractivity contribution in [1.29, 1.82) is 0 Å².